The van der Waals surface area contributed by atoms with Crippen molar-refractivity contribution >= 4 is 22.5 Å². The van der Waals surface area contributed by atoms with Gasteiger partial charge in [-0.3, -0.25) is 4.79 Å². The topological polar surface area (TPSA) is 85.6 Å². The van der Waals surface area contributed by atoms with Crippen LogP contribution in [-0.4, -0.2) is 31.1 Å². The molecule has 0 fully saturated rings. The Labute approximate surface area is 176 Å². The molecule has 150 valence electrons. The van der Waals surface area contributed by atoms with E-state index in [1.54, 1.807) is 6.07 Å². The third kappa shape index (κ3) is 3.62. The van der Waals surface area contributed by atoms with Crippen LogP contribution in [0.2, 0.25) is 0 Å². The van der Waals surface area contributed by atoms with Crippen LogP contribution in [0.15, 0.2) is 85.2 Å². The first-order chi connectivity index (χ1) is 15.2. The van der Waals surface area contributed by atoms with Gasteiger partial charge in [-0.05, 0) is 40.8 Å². The smallest absolute Gasteiger partial charge is 0.256 e. The molecule has 0 bridgehead atoms. The van der Waals surface area contributed by atoms with E-state index in [0.717, 1.165) is 5.56 Å². The number of pyridine rings is 1. The number of rotatable bonds is 4. The zero-order valence-electron chi connectivity index (χ0n) is 16.1. The Morgan fingerprint density at radius 1 is 0.935 bits per heavy atom. The van der Waals surface area contributed by atoms with Crippen molar-refractivity contribution in [1.82, 2.24) is 25.2 Å². The molecule has 0 saturated carbocycles. The summed E-state index contributed by atoms with van der Waals surface area (Å²) in [6.07, 6.45) is 1.39. The van der Waals surface area contributed by atoms with Crippen molar-refractivity contribution in [3.63, 3.8) is 0 Å². The van der Waals surface area contributed by atoms with Crippen LogP contribution in [0.4, 0.5) is 10.1 Å². The second-order valence-electron chi connectivity index (χ2n) is 6.81. The molecule has 0 unspecified atom stereocenters. The van der Waals surface area contributed by atoms with E-state index in [9.17, 15) is 9.18 Å². The summed E-state index contributed by atoms with van der Waals surface area (Å²) in [6, 6.07) is 22.9. The van der Waals surface area contributed by atoms with Crippen LogP contribution in [0, 0.1) is 5.82 Å². The summed E-state index contributed by atoms with van der Waals surface area (Å²) < 4.78 is 15.8. The number of para-hydroxylation sites is 1. The van der Waals surface area contributed by atoms with Gasteiger partial charge in [0.2, 0.25) is 0 Å². The second-order valence-corrected chi connectivity index (χ2v) is 6.81. The van der Waals surface area contributed by atoms with Gasteiger partial charge in [0, 0.05) is 10.9 Å². The van der Waals surface area contributed by atoms with Crippen molar-refractivity contribution in [2.75, 3.05) is 5.32 Å². The lowest BCUT2D eigenvalue weighted by molar-refractivity contribution is 0.102. The SMILES string of the molecule is O=C(Nc1cc(-n2cnnn2)ccc1F)c1cc(-c2ccccc2)nc2ccccc12. The van der Waals surface area contributed by atoms with Gasteiger partial charge in [0.1, 0.15) is 12.1 Å². The zero-order chi connectivity index (χ0) is 21.2. The summed E-state index contributed by atoms with van der Waals surface area (Å²) >= 11 is 0. The first-order valence-electron chi connectivity index (χ1n) is 9.48. The van der Waals surface area contributed by atoms with Gasteiger partial charge in [-0.2, -0.15) is 0 Å². The lowest BCUT2D eigenvalue weighted by Gasteiger charge is -2.12. The van der Waals surface area contributed by atoms with Gasteiger partial charge in [0.15, 0.2) is 0 Å². The van der Waals surface area contributed by atoms with E-state index in [1.807, 2.05) is 54.6 Å². The van der Waals surface area contributed by atoms with Crippen molar-refractivity contribution in [3.05, 3.63) is 96.6 Å². The van der Waals surface area contributed by atoms with E-state index in [0.29, 0.717) is 27.8 Å². The molecule has 7 nitrogen and oxygen atoms in total. The molecule has 8 heteroatoms. The Morgan fingerprint density at radius 3 is 2.55 bits per heavy atom. The highest BCUT2D eigenvalue weighted by Crippen LogP contribution is 2.26. The van der Waals surface area contributed by atoms with Crippen molar-refractivity contribution in [2.45, 2.75) is 0 Å². The van der Waals surface area contributed by atoms with E-state index in [1.165, 1.54) is 29.2 Å². The number of nitrogens with one attached hydrogen (secondary N) is 1. The van der Waals surface area contributed by atoms with Gasteiger partial charge >= 0.3 is 0 Å². The number of hydrogen-bond donors (Lipinski definition) is 1. The number of carbonyl (C=O) groups is 1. The molecule has 0 spiro atoms. The predicted molar refractivity (Wildman–Crippen MR) is 114 cm³/mol. The normalized spacial score (nSPS) is 10.9. The maximum atomic E-state index is 14.5. The highest BCUT2D eigenvalue weighted by molar-refractivity contribution is 6.13. The number of benzene rings is 3. The number of amides is 1. The molecular formula is C23H15FN6O. The standard InChI is InChI=1S/C23H15FN6O/c24-19-11-10-16(30-14-25-28-29-30)12-22(19)27-23(31)18-13-21(15-6-2-1-3-7-15)26-20-9-5-4-8-17(18)20/h1-14H,(H,27,31). The molecule has 0 saturated heterocycles. The Morgan fingerprint density at radius 2 is 1.74 bits per heavy atom. The molecular weight excluding hydrogens is 395 g/mol. The first-order valence-corrected chi connectivity index (χ1v) is 9.48. The van der Waals surface area contributed by atoms with Crippen LogP contribution >= 0.6 is 0 Å². The van der Waals surface area contributed by atoms with Gasteiger partial charge in [-0.15, -0.1) is 5.10 Å². The lowest BCUT2D eigenvalue weighted by Crippen LogP contribution is -2.14. The molecule has 3 aromatic carbocycles. The Kier molecular flexibility index (Phi) is 4.64. The molecule has 0 aliphatic rings. The average Bonchev–Trinajstić information content (AvgIpc) is 3.35. The van der Waals surface area contributed by atoms with Crippen LogP contribution < -0.4 is 5.32 Å². The third-order valence-electron chi connectivity index (χ3n) is 4.84. The van der Waals surface area contributed by atoms with Gasteiger partial charge in [-0.1, -0.05) is 48.5 Å². The van der Waals surface area contributed by atoms with Crippen molar-refractivity contribution in [3.8, 4) is 16.9 Å². The fraction of sp³-hybridized carbons (Fsp3) is 0. The minimum atomic E-state index is -0.563. The van der Waals surface area contributed by atoms with Crippen molar-refractivity contribution in [1.29, 1.82) is 0 Å². The van der Waals surface area contributed by atoms with E-state index in [2.05, 4.69) is 25.8 Å². The van der Waals surface area contributed by atoms with Gasteiger partial charge in [0.05, 0.1) is 28.1 Å². The summed E-state index contributed by atoms with van der Waals surface area (Å²) in [4.78, 5) is 17.9. The minimum absolute atomic E-state index is 0.0279. The molecule has 0 aliphatic carbocycles. The highest BCUT2D eigenvalue weighted by atomic mass is 19.1. The van der Waals surface area contributed by atoms with E-state index in [-0.39, 0.29) is 5.69 Å². The number of carbonyl (C=O) groups excluding carboxylic acids is 1. The van der Waals surface area contributed by atoms with Crippen LogP contribution in [0.3, 0.4) is 0 Å². The van der Waals surface area contributed by atoms with Gasteiger partial charge in [0.25, 0.3) is 5.91 Å². The van der Waals surface area contributed by atoms with Crippen molar-refractivity contribution < 1.29 is 9.18 Å². The molecule has 5 aromatic rings. The highest BCUT2D eigenvalue weighted by Gasteiger charge is 2.16. The van der Waals surface area contributed by atoms with Crippen molar-refractivity contribution in [2.24, 2.45) is 0 Å². The zero-order valence-corrected chi connectivity index (χ0v) is 16.1. The second kappa shape index (κ2) is 7.75. The lowest BCUT2D eigenvalue weighted by atomic mass is 10.0. The number of nitrogens with zero attached hydrogens (tertiary/aromatic N) is 5. The summed E-state index contributed by atoms with van der Waals surface area (Å²) in [5.74, 6) is -1.00. The molecule has 0 radical (unpaired) electrons. The van der Waals surface area contributed by atoms with Gasteiger partial charge in [-0.25, -0.2) is 14.1 Å². The molecule has 5 rings (SSSR count). The fourth-order valence-electron chi connectivity index (χ4n) is 3.34. The monoisotopic (exact) mass is 410 g/mol. The summed E-state index contributed by atoms with van der Waals surface area (Å²) in [7, 11) is 0. The van der Waals surface area contributed by atoms with E-state index < -0.39 is 11.7 Å². The Hall–Kier alpha value is -4.46. The maximum absolute atomic E-state index is 14.5. The molecule has 2 aromatic heterocycles. The molecule has 0 aliphatic heterocycles. The van der Waals surface area contributed by atoms with E-state index in [4.69, 9.17) is 0 Å². The van der Waals surface area contributed by atoms with Crippen LogP contribution in [0.5, 0.6) is 0 Å². The minimum Gasteiger partial charge on any atom is -0.319 e. The number of halogens is 1. The Balaban J connectivity index is 1.57. The molecule has 31 heavy (non-hydrogen) atoms. The molecule has 0 atom stereocenters. The number of aromatic nitrogens is 5. The Bertz CT molecular complexity index is 1390. The molecule has 1 amide bonds. The number of anilines is 1. The van der Waals surface area contributed by atoms with Crippen LogP contribution in [-0.2, 0) is 0 Å². The maximum Gasteiger partial charge on any atom is 0.256 e. The number of tetrazole rings is 1. The molecule has 2 heterocycles. The summed E-state index contributed by atoms with van der Waals surface area (Å²) in [6.45, 7) is 0. The first kappa shape index (κ1) is 18.6. The number of hydrogen-bond acceptors (Lipinski definition) is 5. The third-order valence-corrected chi connectivity index (χ3v) is 4.84. The fourth-order valence-corrected chi connectivity index (χ4v) is 3.34. The number of fused-ring (bicyclic) bond motifs is 1. The molecule has 1 N–H and O–H groups in total. The predicted octanol–water partition coefficient (Wildman–Crippen LogP) is 4.27. The summed E-state index contributed by atoms with van der Waals surface area (Å²) in [5, 5.41) is 14.3. The average molecular weight is 410 g/mol. The quantitative estimate of drug-likeness (QED) is 0.478. The summed E-state index contributed by atoms with van der Waals surface area (Å²) in [5.41, 5.74) is 3.17. The van der Waals surface area contributed by atoms with Gasteiger partial charge < -0.3 is 5.32 Å². The van der Waals surface area contributed by atoms with Crippen LogP contribution in [0.1, 0.15) is 10.4 Å². The van der Waals surface area contributed by atoms with Crippen LogP contribution in [0.25, 0.3) is 27.8 Å². The largest absolute Gasteiger partial charge is 0.319 e. The van der Waals surface area contributed by atoms with E-state index >= 15 is 0 Å².